The molecule has 1 aromatic carbocycles. The molecule has 2 rings (SSSR count). The van der Waals surface area contributed by atoms with Gasteiger partial charge in [-0.2, -0.15) is 0 Å². The van der Waals surface area contributed by atoms with Crippen LogP contribution in [0, 0.1) is 11.6 Å². The molecule has 4 N–H and O–H groups in total. The van der Waals surface area contributed by atoms with Crippen LogP contribution in [0.4, 0.5) is 20.3 Å². The number of nitrogen functional groups attached to an aromatic ring is 1. The van der Waals surface area contributed by atoms with E-state index in [0.717, 1.165) is 12.1 Å². The highest BCUT2D eigenvalue weighted by Gasteiger charge is 2.13. The smallest absolute Gasteiger partial charge is 0.256 e. The number of hydrogen-bond acceptors (Lipinski definition) is 4. The second-order valence-electron chi connectivity index (χ2n) is 3.62. The Labute approximate surface area is 107 Å². The van der Waals surface area contributed by atoms with Gasteiger partial charge in [0.1, 0.15) is 23.1 Å². The van der Waals surface area contributed by atoms with Crippen LogP contribution in [-0.2, 0) is 0 Å². The van der Waals surface area contributed by atoms with Gasteiger partial charge in [-0.25, -0.2) is 19.6 Å². The Bertz CT molecular complexity index is 598. The van der Waals surface area contributed by atoms with E-state index in [1.165, 1.54) is 24.4 Å². The van der Waals surface area contributed by atoms with Crippen molar-refractivity contribution in [3.8, 4) is 0 Å². The van der Waals surface area contributed by atoms with Crippen molar-refractivity contribution in [2.75, 3.05) is 10.7 Å². The van der Waals surface area contributed by atoms with Crippen LogP contribution in [0.5, 0.6) is 0 Å². The Morgan fingerprint density at radius 2 is 1.89 bits per heavy atom. The summed E-state index contributed by atoms with van der Waals surface area (Å²) in [6, 6.07) is 6.07. The molecule has 5 nitrogen and oxygen atoms in total. The highest BCUT2D eigenvalue weighted by atomic mass is 19.1. The van der Waals surface area contributed by atoms with Gasteiger partial charge in [-0.05, 0) is 24.3 Å². The molecule has 1 aromatic heterocycles. The summed E-state index contributed by atoms with van der Waals surface area (Å²) in [6.07, 6.45) is 1.35. The zero-order valence-electron chi connectivity index (χ0n) is 9.65. The summed E-state index contributed by atoms with van der Waals surface area (Å²) in [5, 5.41) is 2.16. The van der Waals surface area contributed by atoms with Crippen LogP contribution < -0.4 is 16.6 Å². The highest BCUT2D eigenvalue weighted by Crippen LogP contribution is 2.19. The van der Waals surface area contributed by atoms with E-state index >= 15 is 0 Å². The van der Waals surface area contributed by atoms with Crippen molar-refractivity contribution >= 4 is 17.4 Å². The largest absolute Gasteiger partial charge is 0.317 e. The summed E-state index contributed by atoms with van der Waals surface area (Å²) in [7, 11) is 0. The molecule has 2 aromatic rings. The van der Waals surface area contributed by atoms with Gasteiger partial charge in [0.2, 0.25) is 0 Å². The molecule has 1 amide bonds. The molecule has 7 heteroatoms. The third-order valence-electron chi connectivity index (χ3n) is 2.37. The van der Waals surface area contributed by atoms with Gasteiger partial charge in [-0.1, -0.05) is 6.07 Å². The predicted octanol–water partition coefficient (Wildman–Crippen LogP) is 1.90. The van der Waals surface area contributed by atoms with Gasteiger partial charge in [-0.3, -0.25) is 4.79 Å². The van der Waals surface area contributed by atoms with Crippen LogP contribution in [0.25, 0.3) is 0 Å². The zero-order chi connectivity index (χ0) is 13.8. The summed E-state index contributed by atoms with van der Waals surface area (Å²) in [4.78, 5) is 15.7. The number of carbonyl (C=O) groups excluding carboxylic acids is 1. The number of amides is 1. The standard InChI is InChI=1S/C12H10F2N4O/c13-8-2-1-3-9(14)11(8)17-12(19)7-4-5-16-10(6-7)18-15/h1-6H,15H2,(H,16,18)(H,17,19). The predicted molar refractivity (Wildman–Crippen MR) is 66.4 cm³/mol. The topological polar surface area (TPSA) is 80.0 Å². The lowest BCUT2D eigenvalue weighted by Gasteiger charge is -2.08. The first kappa shape index (κ1) is 12.9. The number of carbonyl (C=O) groups is 1. The van der Waals surface area contributed by atoms with Gasteiger partial charge >= 0.3 is 0 Å². The average Bonchev–Trinajstić information content (AvgIpc) is 2.43. The van der Waals surface area contributed by atoms with E-state index in [0.29, 0.717) is 0 Å². The monoisotopic (exact) mass is 264 g/mol. The molecular weight excluding hydrogens is 254 g/mol. The van der Waals surface area contributed by atoms with E-state index in [2.05, 4.69) is 15.7 Å². The minimum Gasteiger partial charge on any atom is -0.317 e. The van der Waals surface area contributed by atoms with E-state index in [1.54, 1.807) is 0 Å². The van der Waals surface area contributed by atoms with Crippen molar-refractivity contribution in [1.29, 1.82) is 0 Å². The minimum absolute atomic E-state index is 0.172. The van der Waals surface area contributed by atoms with E-state index in [9.17, 15) is 13.6 Å². The summed E-state index contributed by atoms with van der Waals surface area (Å²) in [5.74, 6) is 3.06. The summed E-state index contributed by atoms with van der Waals surface area (Å²) in [6.45, 7) is 0. The number of benzene rings is 1. The quantitative estimate of drug-likeness (QED) is 0.584. The van der Waals surface area contributed by atoms with E-state index < -0.39 is 23.2 Å². The Kier molecular flexibility index (Phi) is 3.67. The molecule has 19 heavy (non-hydrogen) atoms. The van der Waals surface area contributed by atoms with Gasteiger partial charge in [0.25, 0.3) is 5.91 Å². The number of anilines is 2. The third-order valence-corrected chi connectivity index (χ3v) is 2.37. The second-order valence-corrected chi connectivity index (χ2v) is 3.62. The Hall–Kier alpha value is -2.54. The molecule has 0 radical (unpaired) electrons. The van der Waals surface area contributed by atoms with Crippen LogP contribution in [0.2, 0.25) is 0 Å². The molecule has 0 spiro atoms. The first-order chi connectivity index (χ1) is 9.11. The summed E-state index contributed by atoms with van der Waals surface area (Å²) >= 11 is 0. The first-order valence-corrected chi connectivity index (χ1v) is 5.30. The summed E-state index contributed by atoms with van der Waals surface area (Å²) in [5.41, 5.74) is 1.95. The number of para-hydroxylation sites is 1. The maximum Gasteiger partial charge on any atom is 0.256 e. The maximum absolute atomic E-state index is 13.4. The Morgan fingerprint density at radius 3 is 2.53 bits per heavy atom. The lowest BCUT2D eigenvalue weighted by Crippen LogP contribution is -2.16. The molecule has 98 valence electrons. The van der Waals surface area contributed by atoms with Gasteiger partial charge in [0.05, 0.1) is 0 Å². The molecule has 0 atom stereocenters. The fourth-order valence-corrected chi connectivity index (χ4v) is 1.45. The second kappa shape index (κ2) is 5.40. The number of hydrazine groups is 1. The van der Waals surface area contributed by atoms with E-state index in [1.807, 2.05) is 0 Å². The molecule has 0 unspecified atom stereocenters. The fourth-order valence-electron chi connectivity index (χ4n) is 1.45. The van der Waals surface area contributed by atoms with Crippen molar-refractivity contribution < 1.29 is 13.6 Å². The minimum atomic E-state index is -0.848. The number of rotatable bonds is 3. The lowest BCUT2D eigenvalue weighted by atomic mass is 10.2. The van der Waals surface area contributed by atoms with Crippen LogP contribution >= 0.6 is 0 Å². The van der Waals surface area contributed by atoms with Crippen LogP contribution in [0.15, 0.2) is 36.5 Å². The van der Waals surface area contributed by atoms with Gasteiger partial charge < -0.3 is 10.7 Å². The molecule has 0 saturated heterocycles. The number of hydrogen-bond donors (Lipinski definition) is 3. The van der Waals surface area contributed by atoms with Crippen molar-refractivity contribution in [2.45, 2.75) is 0 Å². The van der Waals surface area contributed by atoms with Crippen LogP contribution in [0.3, 0.4) is 0 Å². The molecular formula is C12H10F2N4O. The number of pyridine rings is 1. The molecule has 1 heterocycles. The average molecular weight is 264 g/mol. The Balaban J connectivity index is 2.25. The van der Waals surface area contributed by atoms with Crippen LogP contribution in [-0.4, -0.2) is 10.9 Å². The molecule has 0 aliphatic rings. The number of aromatic nitrogens is 1. The summed E-state index contributed by atoms with van der Waals surface area (Å²) < 4.78 is 26.7. The molecule has 0 bridgehead atoms. The van der Waals surface area contributed by atoms with Gasteiger partial charge in [0.15, 0.2) is 0 Å². The third kappa shape index (κ3) is 2.83. The van der Waals surface area contributed by atoms with Crippen molar-refractivity contribution in [2.24, 2.45) is 5.84 Å². The molecule has 0 aliphatic heterocycles. The molecule has 0 saturated carbocycles. The number of halogens is 2. The van der Waals surface area contributed by atoms with Crippen LogP contribution in [0.1, 0.15) is 10.4 Å². The maximum atomic E-state index is 13.4. The Morgan fingerprint density at radius 1 is 1.21 bits per heavy atom. The van der Waals surface area contributed by atoms with E-state index in [4.69, 9.17) is 5.84 Å². The number of nitrogens with zero attached hydrogens (tertiary/aromatic N) is 1. The molecule has 0 fully saturated rings. The van der Waals surface area contributed by atoms with Crippen molar-refractivity contribution in [3.05, 3.63) is 53.7 Å². The van der Waals surface area contributed by atoms with E-state index in [-0.39, 0.29) is 11.4 Å². The zero-order valence-corrected chi connectivity index (χ0v) is 9.65. The fraction of sp³-hybridized carbons (Fsp3) is 0. The number of nitrogens with two attached hydrogens (primary N) is 1. The van der Waals surface area contributed by atoms with Gasteiger partial charge in [0, 0.05) is 11.8 Å². The lowest BCUT2D eigenvalue weighted by molar-refractivity contribution is 0.102. The SMILES string of the molecule is NNc1cc(C(=O)Nc2c(F)cccc2F)ccn1. The van der Waals surface area contributed by atoms with Crippen molar-refractivity contribution in [1.82, 2.24) is 4.98 Å². The number of nitrogens with one attached hydrogen (secondary N) is 2. The highest BCUT2D eigenvalue weighted by molar-refractivity contribution is 6.04. The molecule has 0 aliphatic carbocycles. The first-order valence-electron chi connectivity index (χ1n) is 5.30. The van der Waals surface area contributed by atoms with Crippen molar-refractivity contribution in [3.63, 3.8) is 0 Å². The normalized spacial score (nSPS) is 10.1. The van der Waals surface area contributed by atoms with Gasteiger partial charge in [-0.15, -0.1) is 0 Å².